The summed E-state index contributed by atoms with van der Waals surface area (Å²) in [7, 11) is 0. The van der Waals surface area contributed by atoms with Crippen LogP contribution in [0.1, 0.15) is 66.2 Å². The maximum atomic E-state index is 5.32. The SMILES string of the molecule is CCCCCN(C(C)=S)C(C)CCCC. The molecule has 1 unspecified atom stereocenters. The third kappa shape index (κ3) is 6.88. The molecule has 0 aliphatic heterocycles. The van der Waals surface area contributed by atoms with E-state index < -0.39 is 0 Å². The molecule has 0 saturated carbocycles. The van der Waals surface area contributed by atoms with E-state index in [1.807, 2.05) is 0 Å². The van der Waals surface area contributed by atoms with Gasteiger partial charge in [0.1, 0.15) is 0 Å². The lowest BCUT2D eigenvalue weighted by atomic mass is 10.1. The fourth-order valence-electron chi connectivity index (χ4n) is 1.88. The fraction of sp³-hybridized carbons (Fsp3) is 0.923. The Hall–Kier alpha value is -0.110. The molecule has 0 spiro atoms. The van der Waals surface area contributed by atoms with Gasteiger partial charge in [0.15, 0.2) is 0 Å². The largest absolute Gasteiger partial charge is 0.364 e. The molecule has 0 amide bonds. The topological polar surface area (TPSA) is 3.24 Å². The van der Waals surface area contributed by atoms with E-state index in [1.54, 1.807) is 0 Å². The normalized spacial score (nSPS) is 12.5. The summed E-state index contributed by atoms with van der Waals surface area (Å²) in [5.74, 6) is 0. The second kappa shape index (κ2) is 9.14. The molecule has 0 N–H and O–H groups in total. The molecule has 2 heteroatoms. The molecular weight excluding hydrogens is 202 g/mol. The molecule has 0 aliphatic rings. The highest BCUT2D eigenvalue weighted by Gasteiger charge is 2.12. The minimum atomic E-state index is 0.624. The van der Waals surface area contributed by atoms with Gasteiger partial charge in [-0.1, -0.05) is 51.7 Å². The highest BCUT2D eigenvalue weighted by molar-refractivity contribution is 7.80. The number of hydrogen-bond donors (Lipinski definition) is 0. The zero-order chi connectivity index (χ0) is 11.7. The molecule has 0 radical (unpaired) electrons. The minimum absolute atomic E-state index is 0.624. The summed E-state index contributed by atoms with van der Waals surface area (Å²) >= 11 is 5.32. The Kier molecular flexibility index (Phi) is 9.07. The first kappa shape index (κ1) is 14.9. The van der Waals surface area contributed by atoms with Crippen LogP contribution in [0.25, 0.3) is 0 Å². The minimum Gasteiger partial charge on any atom is -0.364 e. The van der Waals surface area contributed by atoms with Gasteiger partial charge in [-0.05, 0) is 26.7 Å². The third-order valence-electron chi connectivity index (χ3n) is 2.91. The maximum absolute atomic E-state index is 5.32. The third-order valence-corrected chi connectivity index (χ3v) is 3.15. The molecule has 1 atom stereocenters. The average Bonchev–Trinajstić information content (AvgIpc) is 2.20. The van der Waals surface area contributed by atoms with E-state index in [4.69, 9.17) is 12.2 Å². The fourth-order valence-corrected chi connectivity index (χ4v) is 2.15. The highest BCUT2D eigenvalue weighted by Crippen LogP contribution is 2.11. The molecule has 0 aromatic rings. The van der Waals surface area contributed by atoms with Gasteiger partial charge in [0.05, 0.1) is 4.99 Å². The van der Waals surface area contributed by atoms with Gasteiger partial charge in [-0.15, -0.1) is 0 Å². The van der Waals surface area contributed by atoms with Crippen molar-refractivity contribution in [3.8, 4) is 0 Å². The number of rotatable bonds is 8. The lowest BCUT2D eigenvalue weighted by molar-refractivity contribution is 0.305. The van der Waals surface area contributed by atoms with Gasteiger partial charge in [0.2, 0.25) is 0 Å². The molecule has 90 valence electrons. The first-order chi connectivity index (χ1) is 7.13. The summed E-state index contributed by atoms with van der Waals surface area (Å²) in [5, 5.41) is 0. The predicted octanol–water partition coefficient (Wildman–Crippen LogP) is 4.40. The van der Waals surface area contributed by atoms with Crippen LogP contribution >= 0.6 is 12.2 Å². The molecule has 0 bridgehead atoms. The smallest absolute Gasteiger partial charge is 0.0750 e. The molecule has 15 heavy (non-hydrogen) atoms. The zero-order valence-corrected chi connectivity index (χ0v) is 11.7. The lowest BCUT2D eigenvalue weighted by Gasteiger charge is -2.30. The maximum Gasteiger partial charge on any atom is 0.0750 e. The molecule has 0 aliphatic carbocycles. The van der Waals surface area contributed by atoms with Crippen LogP contribution in [0.15, 0.2) is 0 Å². The van der Waals surface area contributed by atoms with Gasteiger partial charge in [-0.25, -0.2) is 0 Å². The molecule has 0 aromatic carbocycles. The number of nitrogens with zero attached hydrogens (tertiary/aromatic N) is 1. The zero-order valence-electron chi connectivity index (χ0n) is 10.9. The van der Waals surface area contributed by atoms with Crippen molar-refractivity contribution in [1.29, 1.82) is 0 Å². The highest BCUT2D eigenvalue weighted by atomic mass is 32.1. The van der Waals surface area contributed by atoms with Crippen LogP contribution in [0, 0.1) is 0 Å². The summed E-state index contributed by atoms with van der Waals surface area (Å²) in [6.07, 6.45) is 7.75. The van der Waals surface area contributed by atoms with Gasteiger partial charge in [0, 0.05) is 12.6 Å². The van der Waals surface area contributed by atoms with E-state index in [0.29, 0.717) is 6.04 Å². The van der Waals surface area contributed by atoms with Crippen molar-refractivity contribution in [1.82, 2.24) is 4.90 Å². The van der Waals surface area contributed by atoms with Crippen LogP contribution in [0.2, 0.25) is 0 Å². The Balaban J connectivity index is 3.95. The Morgan fingerprint density at radius 2 is 1.73 bits per heavy atom. The van der Waals surface area contributed by atoms with Crippen molar-refractivity contribution in [2.75, 3.05) is 6.54 Å². The van der Waals surface area contributed by atoms with E-state index in [-0.39, 0.29) is 0 Å². The summed E-state index contributed by atoms with van der Waals surface area (Å²) in [6.45, 7) is 10.0. The molecule has 0 heterocycles. The van der Waals surface area contributed by atoms with Crippen LogP contribution in [-0.4, -0.2) is 22.5 Å². The Morgan fingerprint density at radius 1 is 1.13 bits per heavy atom. The Bertz CT molecular complexity index is 168. The van der Waals surface area contributed by atoms with Crippen LogP contribution in [0.3, 0.4) is 0 Å². The predicted molar refractivity (Wildman–Crippen MR) is 73.5 cm³/mol. The molecule has 0 fully saturated rings. The molecule has 0 rings (SSSR count). The second-order valence-corrected chi connectivity index (χ2v) is 5.00. The first-order valence-corrected chi connectivity index (χ1v) is 6.81. The molecular formula is C13H27NS. The number of thiocarbonyl (C=S) groups is 1. The van der Waals surface area contributed by atoms with Crippen molar-refractivity contribution >= 4 is 17.2 Å². The first-order valence-electron chi connectivity index (χ1n) is 6.40. The molecule has 1 nitrogen and oxygen atoms in total. The van der Waals surface area contributed by atoms with Gasteiger partial charge in [-0.3, -0.25) is 0 Å². The van der Waals surface area contributed by atoms with Gasteiger partial charge >= 0.3 is 0 Å². The van der Waals surface area contributed by atoms with Crippen LogP contribution in [-0.2, 0) is 0 Å². The monoisotopic (exact) mass is 229 g/mol. The quantitative estimate of drug-likeness (QED) is 0.448. The average molecular weight is 229 g/mol. The summed E-state index contributed by atoms with van der Waals surface area (Å²) in [6, 6.07) is 0.624. The van der Waals surface area contributed by atoms with Crippen molar-refractivity contribution in [2.24, 2.45) is 0 Å². The number of hydrogen-bond acceptors (Lipinski definition) is 1. The van der Waals surface area contributed by atoms with Gasteiger partial charge in [0.25, 0.3) is 0 Å². The van der Waals surface area contributed by atoms with Crippen LogP contribution in [0.5, 0.6) is 0 Å². The van der Waals surface area contributed by atoms with Crippen LogP contribution < -0.4 is 0 Å². The van der Waals surface area contributed by atoms with Crippen molar-refractivity contribution in [3.63, 3.8) is 0 Å². The standard InChI is InChI=1S/C13H27NS/c1-5-7-9-11-14(13(4)15)12(3)10-8-6-2/h12H,5-11H2,1-4H3. The Labute approximate surface area is 101 Å². The molecule has 0 aromatic heterocycles. The number of unbranched alkanes of at least 4 members (excludes halogenated alkanes) is 3. The van der Waals surface area contributed by atoms with Gasteiger partial charge < -0.3 is 4.90 Å². The van der Waals surface area contributed by atoms with E-state index in [2.05, 4.69) is 32.6 Å². The van der Waals surface area contributed by atoms with Crippen molar-refractivity contribution in [3.05, 3.63) is 0 Å². The second-order valence-electron chi connectivity index (χ2n) is 4.41. The van der Waals surface area contributed by atoms with Gasteiger partial charge in [-0.2, -0.15) is 0 Å². The van der Waals surface area contributed by atoms with Crippen molar-refractivity contribution in [2.45, 2.75) is 72.3 Å². The van der Waals surface area contributed by atoms with Crippen molar-refractivity contribution < 1.29 is 0 Å². The molecule has 0 saturated heterocycles. The van der Waals surface area contributed by atoms with E-state index in [1.165, 1.54) is 38.5 Å². The Morgan fingerprint density at radius 3 is 2.20 bits per heavy atom. The van der Waals surface area contributed by atoms with E-state index in [9.17, 15) is 0 Å². The summed E-state index contributed by atoms with van der Waals surface area (Å²) in [5.41, 5.74) is 0. The lowest BCUT2D eigenvalue weighted by Crippen LogP contribution is -2.36. The van der Waals surface area contributed by atoms with E-state index in [0.717, 1.165) is 11.5 Å². The summed E-state index contributed by atoms with van der Waals surface area (Å²) in [4.78, 5) is 3.47. The summed E-state index contributed by atoms with van der Waals surface area (Å²) < 4.78 is 0. The van der Waals surface area contributed by atoms with E-state index >= 15 is 0 Å². The van der Waals surface area contributed by atoms with Crippen LogP contribution in [0.4, 0.5) is 0 Å².